The summed E-state index contributed by atoms with van der Waals surface area (Å²) in [6.45, 7) is 0.245. The standard InChI is InChI=1S/C8H9NO3S/c10-6-8-3-1-7(2-4-8)5-9-13(11)12/h1-4,6,9H,5H2,(H,11,12)/p-1. The highest BCUT2D eigenvalue weighted by molar-refractivity contribution is 7.77. The Morgan fingerprint density at radius 2 is 2.00 bits per heavy atom. The SMILES string of the molecule is O=Cc1ccc(CNS(=O)[O-])cc1. The molecule has 13 heavy (non-hydrogen) atoms. The van der Waals surface area contributed by atoms with E-state index >= 15 is 0 Å². The van der Waals surface area contributed by atoms with Crippen molar-refractivity contribution in [2.45, 2.75) is 6.54 Å². The lowest BCUT2D eigenvalue weighted by Gasteiger charge is -2.06. The van der Waals surface area contributed by atoms with Crippen molar-refractivity contribution >= 4 is 17.6 Å². The fraction of sp³-hybridized carbons (Fsp3) is 0.125. The highest BCUT2D eigenvalue weighted by Gasteiger charge is 1.92. The number of carbonyl (C=O) groups is 1. The van der Waals surface area contributed by atoms with Gasteiger partial charge < -0.3 is 4.55 Å². The first-order valence-corrected chi connectivity index (χ1v) is 4.67. The highest BCUT2D eigenvalue weighted by Crippen LogP contribution is 2.01. The maximum absolute atomic E-state index is 10.3. The first kappa shape index (κ1) is 10.0. The largest absolute Gasteiger partial charge is 0.760 e. The van der Waals surface area contributed by atoms with Gasteiger partial charge in [0.05, 0.1) is 0 Å². The Morgan fingerprint density at radius 1 is 1.38 bits per heavy atom. The summed E-state index contributed by atoms with van der Waals surface area (Å²) in [5.41, 5.74) is 1.39. The Labute approximate surface area is 78.4 Å². The zero-order valence-corrected chi connectivity index (χ0v) is 7.54. The van der Waals surface area contributed by atoms with Crippen LogP contribution in [0, 0.1) is 0 Å². The van der Waals surface area contributed by atoms with Gasteiger partial charge in [0.1, 0.15) is 6.29 Å². The van der Waals surface area contributed by atoms with Crippen molar-refractivity contribution < 1.29 is 13.6 Å². The van der Waals surface area contributed by atoms with Crippen LogP contribution in [0.5, 0.6) is 0 Å². The summed E-state index contributed by atoms with van der Waals surface area (Å²) < 4.78 is 22.5. The summed E-state index contributed by atoms with van der Waals surface area (Å²) in [7, 11) is 0. The molecule has 0 aliphatic rings. The number of hydrogen-bond donors (Lipinski definition) is 1. The van der Waals surface area contributed by atoms with E-state index < -0.39 is 11.3 Å². The molecule has 1 N–H and O–H groups in total. The van der Waals surface area contributed by atoms with Crippen LogP contribution in [-0.2, 0) is 17.8 Å². The minimum atomic E-state index is -2.24. The fourth-order valence-corrected chi connectivity index (χ4v) is 1.14. The van der Waals surface area contributed by atoms with Crippen LogP contribution in [0.25, 0.3) is 0 Å². The van der Waals surface area contributed by atoms with E-state index in [1.54, 1.807) is 24.3 Å². The highest BCUT2D eigenvalue weighted by atomic mass is 32.2. The van der Waals surface area contributed by atoms with E-state index in [0.717, 1.165) is 11.8 Å². The summed E-state index contributed by atoms with van der Waals surface area (Å²) in [6.07, 6.45) is 0.739. The van der Waals surface area contributed by atoms with Crippen molar-refractivity contribution in [2.75, 3.05) is 0 Å². The molecule has 1 atom stereocenters. The molecule has 1 aromatic carbocycles. The smallest absolute Gasteiger partial charge is 0.150 e. The number of rotatable bonds is 4. The Kier molecular flexibility index (Phi) is 3.75. The Morgan fingerprint density at radius 3 is 2.46 bits per heavy atom. The topological polar surface area (TPSA) is 69.2 Å². The molecule has 0 aliphatic carbocycles. The van der Waals surface area contributed by atoms with Crippen LogP contribution < -0.4 is 4.72 Å². The molecule has 0 saturated heterocycles. The molecule has 0 amide bonds. The first-order chi connectivity index (χ1) is 6.22. The lowest BCUT2D eigenvalue weighted by Crippen LogP contribution is -2.15. The molecule has 0 fully saturated rings. The van der Waals surface area contributed by atoms with E-state index in [4.69, 9.17) is 0 Å². The first-order valence-electron chi connectivity index (χ1n) is 3.59. The van der Waals surface area contributed by atoms with E-state index in [2.05, 4.69) is 4.72 Å². The quantitative estimate of drug-likeness (QED) is 0.561. The van der Waals surface area contributed by atoms with Crippen LogP contribution >= 0.6 is 0 Å². The third-order valence-corrected chi connectivity index (χ3v) is 1.89. The molecule has 0 heterocycles. The van der Waals surface area contributed by atoms with Gasteiger partial charge in [0.2, 0.25) is 0 Å². The lowest BCUT2D eigenvalue weighted by atomic mass is 10.1. The Balaban J connectivity index is 2.59. The molecule has 1 unspecified atom stereocenters. The Bertz CT molecular complexity index is 310. The molecular formula is C8H8NO3S-. The van der Waals surface area contributed by atoms with Gasteiger partial charge >= 0.3 is 0 Å². The fourth-order valence-electron chi connectivity index (χ4n) is 0.856. The van der Waals surface area contributed by atoms with Crippen molar-refractivity contribution in [3.05, 3.63) is 35.4 Å². The van der Waals surface area contributed by atoms with E-state index in [9.17, 15) is 13.6 Å². The van der Waals surface area contributed by atoms with Crippen LogP contribution in [0.4, 0.5) is 0 Å². The van der Waals surface area contributed by atoms with Gasteiger partial charge in [0.25, 0.3) is 0 Å². The van der Waals surface area contributed by atoms with Gasteiger partial charge in [-0.3, -0.25) is 9.00 Å². The van der Waals surface area contributed by atoms with Crippen LogP contribution in [-0.4, -0.2) is 15.0 Å². The van der Waals surface area contributed by atoms with Crippen LogP contribution in [0.2, 0.25) is 0 Å². The molecule has 0 saturated carbocycles. The zero-order chi connectivity index (χ0) is 9.68. The van der Waals surface area contributed by atoms with Crippen molar-refractivity contribution in [1.82, 2.24) is 4.72 Å². The second-order valence-electron chi connectivity index (χ2n) is 2.42. The number of benzene rings is 1. The van der Waals surface area contributed by atoms with Gasteiger partial charge in [-0.05, 0) is 5.56 Å². The van der Waals surface area contributed by atoms with Crippen molar-refractivity contribution in [1.29, 1.82) is 0 Å². The predicted molar refractivity (Wildman–Crippen MR) is 47.6 cm³/mol. The van der Waals surface area contributed by atoms with Crippen LogP contribution in [0.1, 0.15) is 15.9 Å². The number of aldehydes is 1. The summed E-state index contributed by atoms with van der Waals surface area (Å²) >= 11 is -2.24. The van der Waals surface area contributed by atoms with E-state index in [-0.39, 0.29) is 6.54 Å². The molecule has 0 spiro atoms. The van der Waals surface area contributed by atoms with Gasteiger partial charge in [-0.2, -0.15) is 0 Å². The second-order valence-corrected chi connectivity index (χ2v) is 3.17. The molecule has 5 heteroatoms. The van der Waals surface area contributed by atoms with Gasteiger partial charge in [0, 0.05) is 23.4 Å². The summed E-state index contributed by atoms with van der Waals surface area (Å²) in [5.74, 6) is 0. The number of hydrogen-bond acceptors (Lipinski definition) is 3. The van der Waals surface area contributed by atoms with E-state index in [1.807, 2.05) is 0 Å². The molecular weight excluding hydrogens is 190 g/mol. The van der Waals surface area contributed by atoms with Crippen LogP contribution in [0.3, 0.4) is 0 Å². The average molecular weight is 198 g/mol. The molecule has 0 bridgehead atoms. The second kappa shape index (κ2) is 4.86. The normalized spacial score (nSPS) is 12.4. The van der Waals surface area contributed by atoms with Crippen molar-refractivity contribution in [3.8, 4) is 0 Å². The van der Waals surface area contributed by atoms with E-state index in [1.165, 1.54) is 0 Å². The van der Waals surface area contributed by atoms with Crippen molar-refractivity contribution in [2.24, 2.45) is 0 Å². The number of nitrogens with one attached hydrogen (secondary N) is 1. The molecule has 0 radical (unpaired) electrons. The molecule has 0 aliphatic heterocycles. The molecule has 1 rings (SSSR count). The molecule has 1 aromatic rings. The molecule has 70 valence electrons. The summed E-state index contributed by atoms with van der Waals surface area (Å²) in [6, 6.07) is 6.67. The van der Waals surface area contributed by atoms with Crippen molar-refractivity contribution in [3.63, 3.8) is 0 Å². The minimum absolute atomic E-state index is 0.245. The van der Waals surface area contributed by atoms with E-state index in [0.29, 0.717) is 5.56 Å². The maximum Gasteiger partial charge on any atom is 0.150 e. The molecule has 0 aromatic heterocycles. The van der Waals surface area contributed by atoms with Gasteiger partial charge in [-0.1, -0.05) is 24.3 Å². The van der Waals surface area contributed by atoms with Gasteiger partial charge in [0.15, 0.2) is 0 Å². The summed E-state index contributed by atoms with van der Waals surface area (Å²) in [4.78, 5) is 10.3. The average Bonchev–Trinajstić information content (AvgIpc) is 2.15. The monoisotopic (exact) mass is 198 g/mol. The van der Waals surface area contributed by atoms with Gasteiger partial charge in [-0.25, -0.2) is 4.72 Å². The predicted octanol–water partition coefficient (Wildman–Crippen LogP) is 0.383. The Hall–Kier alpha value is -1.04. The zero-order valence-electron chi connectivity index (χ0n) is 6.73. The summed E-state index contributed by atoms with van der Waals surface area (Å²) in [5, 5.41) is 0. The maximum atomic E-state index is 10.3. The number of carbonyl (C=O) groups excluding carboxylic acids is 1. The third-order valence-electron chi connectivity index (χ3n) is 1.51. The third kappa shape index (κ3) is 3.45. The lowest BCUT2D eigenvalue weighted by molar-refractivity contribution is 0.112. The van der Waals surface area contributed by atoms with Crippen LogP contribution in [0.15, 0.2) is 24.3 Å². The minimum Gasteiger partial charge on any atom is -0.760 e. The van der Waals surface area contributed by atoms with Gasteiger partial charge in [-0.15, -0.1) is 0 Å². The molecule has 4 nitrogen and oxygen atoms in total.